The predicted octanol–water partition coefficient (Wildman–Crippen LogP) is 1.62. The third kappa shape index (κ3) is 5.59. The van der Waals surface area contributed by atoms with Crippen LogP contribution in [0.15, 0.2) is 24.3 Å². The number of hydrogen-bond donors (Lipinski definition) is 2. The molecule has 108 valence electrons. The maximum Gasteiger partial charge on any atom is 0.119 e. The third-order valence-electron chi connectivity index (χ3n) is 3.44. The average molecular weight is 266 g/mol. The molecule has 2 unspecified atom stereocenters. The van der Waals surface area contributed by atoms with Crippen LogP contribution in [0.3, 0.4) is 0 Å². The summed E-state index contributed by atoms with van der Waals surface area (Å²) in [7, 11) is 2.02. The van der Waals surface area contributed by atoms with E-state index in [4.69, 9.17) is 10.5 Å². The van der Waals surface area contributed by atoms with Gasteiger partial charge in [0.2, 0.25) is 0 Å². The fourth-order valence-electron chi connectivity index (χ4n) is 1.79. The van der Waals surface area contributed by atoms with E-state index in [9.17, 15) is 5.11 Å². The normalized spacial score (nSPS) is 14.4. The molecule has 0 fully saturated rings. The maximum absolute atomic E-state index is 9.94. The third-order valence-corrected chi connectivity index (χ3v) is 3.44. The second-order valence-corrected chi connectivity index (χ2v) is 5.01. The fourth-order valence-corrected chi connectivity index (χ4v) is 1.79. The second kappa shape index (κ2) is 8.15. The van der Waals surface area contributed by atoms with Gasteiger partial charge in [0.1, 0.15) is 18.5 Å². The van der Waals surface area contributed by atoms with Gasteiger partial charge in [0.05, 0.1) is 0 Å². The highest BCUT2D eigenvalue weighted by Gasteiger charge is 2.12. The van der Waals surface area contributed by atoms with Gasteiger partial charge in [-0.25, -0.2) is 0 Å². The molecule has 0 aliphatic rings. The summed E-state index contributed by atoms with van der Waals surface area (Å²) in [5.41, 5.74) is 6.61. The van der Waals surface area contributed by atoms with E-state index < -0.39 is 6.10 Å². The zero-order valence-electron chi connectivity index (χ0n) is 12.2. The Labute approximate surface area is 116 Å². The minimum absolute atomic E-state index is 0.308. The summed E-state index contributed by atoms with van der Waals surface area (Å²) in [4.78, 5) is 2.14. The van der Waals surface area contributed by atoms with E-state index in [-0.39, 0.29) is 0 Å². The van der Waals surface area contributed by atoms with Gasteiger partial charge in [-0.1, -0.05) is 19.1 Å². The van der Waals surface area contributed by atoms with Crippen molar-refractivity contribution in [2.45, 2.75) is 39.0 Å². The van der Waals surface area contributed by atoms with Crippen molar-refractivity contribution in [1.29, 1.82) is 0 Å². The van der Waals surface area contributed by atoms with Crippen LogP contribution in [-0.2, 0) is 6.54 Å². The van der Waals surface area contributed by atoms with Crippen LogP contribution in [0.2, 0.25) is 0 Å². The Morgan fingerprint density at radius 3 is 2.47 bits per heavy atom. The van der Waals surface area contributed by atoms with E-state index in [0.29, 0.717) is 25.7 Å². The standard InChI is InChI=1S/C15H26N2O2/c1-4-12(2)17(3)10-14(18)11-19-15-7-5-13(9-16)6-8-15/h5-8,12,14,18H,4,9-11,16H2,1-3H3. The van der Waals surface area contributed by atoms with Crippen LogP contribution in [0.4, 0.5) is 0 Å². The van der Waals surface area contributed by atoms with E-state index >= 15 is 0 Å². The lowest BCUT2D eigenvalue weighted by atomic mass is 10.2. The number of likely N-dealkylation sites (N-methyl/N-ethyl adjacent to an activating group) is 1. The lowest BCUT2D eigenvalue weighted by Gasteiger charge is -2.26. The Hall–Kier alpha value is -1.10. The van der Waals surface area contributed by atoms with Crippen LogP contribution in [0, 0.1) is 0 Å². The molecule has 4 heteroatoms. The van der Waals surface area contributed by atoms with Crippen molar-refractivity contribution in [3.05, 3.63) is 29.8 Å². The number of hydrogen-bond acceptors (Lipinski definition) is 4. The molecular formula is C15H26N2O2. The topological polar surface area (TPSA) is 58.7 Å². The summed E-state index contributed by atoms with van der Waals surface area (Å²) in [5, 5.41) is 9.94. The Morgan fingerprint density at radius 1 is 1.32 bits per heavy atom. The molecule has 0 amide bonds. The highest BCUT2D eigenvalue weighted by molar-refractivity contribution is 5.27. The first kappa shape index (κ1) is 16.0. The molecule has 0 aliphatic carbocycles. The molecule has 0 saturated carbocycles. The molecule has 2 atom stereocenters. The first-order valence-corrected chi connectivity index (χ1v) is 6.87. The van der Waals surface area contributed by atoms with Gasteiger partial charge >= 0.3 is 0 Å². The Morgan fingerprint density at radius 2 is 1.95 bits per heavy atom. The van der Waals surface area contributed by atoms with E-state index in [0.717, 1.165) is 17.7 Å². The number of aliphatic hydroxyl groups is 1. The molecule has 4 nitrogen and oxygen atoms in total. The molecule has 0 aliphatic heterocycles. The highest BCUT2D eigenvalue weighted by Crippen LogP contribution is 2.12. The average Bonchev–Trinajstić information content (AvgIpc) is 2.44. The van der Waals surface area contributed by atoms with Gasteiger partial charge in [-0.15, -0.1) is 0 Å². The molecule has 0 bridgehead atoms. The number of ether oxygens (including phenoxy) is 1. The van der Waals surface area contributed by atoms with Crippen molar-refractivity contribution in [3.63, 3.8) is 0 Å². The van der Waals surface area contributed by atoms with Gasteiger partial charge in [-0.2, -0.15) is 0 Å². The quantitative estimate of drug-likeness (QED) is 0.750. The lowest BCUT2D eigenvalue weighted by Crippen LogP contribution is -2.38. The maximum atomic E-state index is 9.94. The molecule has 1 rings (SSSR count). The van der Waals surface area contributed by atoms with Crippen molar-refractivity contribution in [2.24, 2.45) is 5.73 Å². The second-order valence-electron chi connectivity index (χ2n) is 5.01. The zero-order valence-corrected chi connectivity index (χ0v) is 12.2. The zero-order chi connectivity index (χ0) is 14.3. The van der Waals surface area contributed by atoms with Gasteiger partial charge in [-0.3, -0.25) is 0 Å². The van der Waals surface area contributed by atoms with Crippen molar-refractivity contribution in [2.75, 3.05) is 20.2 Å². The fraction of sp³-hybridized carbons (Fsp3) is 0.600. The van der Waals surface area contributed by atoms with Crippen LogP contribution in [0.25, 0.3) is 0 Å². The Kier molecular flexibility index (Phi) is 6.84. The van der Waals surface area contributed by atoms with Crippen molar-refractivity contribution in [3.8, 4) is 5.75 Å². The molecule has 0 radical (unpaired) electrons. The number of rotatable bonds is 8. The van der Waals surface area contributed by atoms with Crippen molar-refractivity contribution < 1.29 is 9.84 Å². The number of nitrogens with zero attached hydrogens (tertiary/aromatic N) is 1. The molecule has 0 spiro atoms. The summed E-state index contributed by atoms with van der Waals surface area (Å²) in [6.45, 7) is 5.75. The van der Waals surface area contributed by atoms with Gasteiger partial charge in [0, 0.05) is 19.1 Å². The van der Waals surface area contributed by atoms with Crippen LogP contribution in [0.5, 0.6) is 5.75 Å². The van der Waals surface area contributed by atoms with Crippen molar-refractivity contribution in [1.82, 2.24) is 4.90 Å². The monoisotopic (exact) mass is 266 g/mol. The molecule has 1 aromatic rings. The number of benzene rings is 1. The van der Waals surface area contributed by atoms with E-state index in [2.05, 4.69) is 18.7 Å². The summed E-state index contributed by atoms with van der Waals surface area (Å²) in [6.07, 6.45) is 0.596. The number of nitrogens with two attached hydrogens (primary N) is 1. The van der Waals surface area contributed by atoms with Gasteiger partial charge in [0.15, 0.2) is 0 Å². The van der Waals surface area contributed by atoms with Crippen LogP contribution in [0.1, 0.15) is 25.8 Å². The van der Waals surface area contributed by atoms with Crippen LogP contribution < -0.4 is 10.5 Å². The smallest absolute Gasteiger partial charge is 0.119 e. The largest absolute Gasteiger partial charge is 0.491 e. The van der Waals surface area contributed by atoms with E-state index in [1.54, 1.807) is 0 Å². The van der Waals surface area contributed by atoms with Crippen molar-refractivity contribution >= 4 is 0 Å². The lowest BCUT2D eigenvalue weighted by molar-refractivity contribution is 0.0649. The molecule has 0 aromatic heterocycles. The Balaban J connectivity index is 2.34. The van der Waals surface area contributed by atoms with Gasteiger partial charge < -0.3 is 20.5 Å². The molecule has 0 saturated heterocycles. The van der Waals surface area contributed by atoms with Crippen LogP contribution >= 0.6 is 0 Å². The highest BCUT2D eigenvalue weighted by atomic mass is 16.5. The Bertz CT molecular complexity index is 354. The predicted molar refractivity (Wildman–Crippen MR) is 78.2 cm³/mol. The SMILES string of the molecule is CCC(C)N(C)CC(O)COc1ccc(CN)cc1. The summed E-state index contributed by atoms with van der Waals surface area (Å²) in [6, 6.07) is 8.11. The molecule has 1 aromatic carbocycles. The van der Waals surface area contributed by atoms with Gasteiger partial charge in [-0.05, 0) is 38.1 Å². The molecule has 3 N–H and O–H groups in total. The minimum atomic E-state index is -0.479. The summed E-state index contributed by atoms with van der Waals surface area (Å²) in [5.74, 6) is 0.766. The first-order chi connectivity index (χ1) is 9.06. The summed E-state index contributed by atoms with van der Waals surface area (Å²) >= 11 is 0. The van der Waals surface area contributed by atoms with E-state index in [1.807, 2.05) is 31.3 Å². The van der Waals surface area contributed by atoms with Crippen LogP contribution in [-0.4, -0.2) is 42.4 Å². The van der Waals surface area contributed by atoms with Gasteiger partial charge in [0.25, 0.3) is 0 Å². The first-order valence-electron chi connectivity index (χ1n) is 6.87. The molecular weight excluding hydrogens is 240 g/mol. The van der Waals surface area contributed by atoms with E-state index in [1.165, 1.54) is 0 Å². The number of aliphatic hydroxyl groups excluding tert-OH is 1. The molecule has 19 heavy (non-hydrogen) atoms. The molecule has 0 heterocycles. The summed E-state index contributed by atoms with van der Waals surface area (Å²) < 4.78 is 5.56. The minimum Gasteiger partial charge on any atom is -0.491 e.